The summed E-state index contributed by atoms with van der Waals surface area (Å²) in [7, 11) is 0. The summed E-state index contributed by atoms with van der Waals surface area (Å²) in [5.74, 6) is -0.307. The Morgan fingerprint density at radius 1 is 1.53 bits per heavy atom. The molecule has 0 bridgehead atoms. The van der Waals surface area contributed by atoms with Gasteiger partial charge in [-0.1, -0.05) is 13.3 Å². The maximum absolute atomic E-state index is 10.9. The van der Waals surface area contributed by atoms with Gasteiger partial charge in [-0.2, -0.15) is 0 Å². The third-order valence-electron chi connectivity index (χ3n) is 2.79. The third kappa shape index (κ3) is 3.12. The molecule has 1 N–H and O–H groups in total. The maximum atomic E-state index is 10.9. The second kappa shape index (κ2) is 6.03. The van der Waals surface area contributed by atoms with E-state index < -0.39 is 5.97 Å². The van der Waals surface area contributed by atoms with Crippen LogP contribution in [0.1, 0.15) is 32.2 Å². The number of nitrogens with zero attached hydrogens (tertiary/aromatic N) is 5. The lowest BCUT2D eigenvalue weighted by Gasteiger charge is -2.15. The molecule has 7 heteroatoms. The van der Waals surface area contributed by atoms with Crippen molar-refractivity contribution < 1.29 is 9.90 Å². The van der Waals surface area contributed by atoms with Crippen molar-refractivity contribution >= 4 is 5.97 Å². The van der Waals surface area contributed by atoms with Crippen molar-refractivity contribution in [3.8, 4) is 11.4 Å². The van der Waals surface area contributed by atoms with E-state index in [1.54, 1.807) is 23.1 Å². The van der Waals surface area contributed by atoms with Crippen molar-refractivity contribution in [2.45, 2.75) is 32.2 Å². The van der Waals surface area contributed by atoms with Gasteiger partial charge in [-0.15, -0.1) is 5.10 Å². The summed E-state index contributed by atoms with van der Waals surface area (Å²) >= 11 is 0. The molecule has 2 aromatic rings. The van der Waals surface area contributed by atoms with Gasteiger partial charge >= 0.3 is 5.97 Å². The van der Waals surface area contributed by atoms with Crippen molar-refractivity contribution in [3.05, 3.63) is 24.5 Å². The highest BCUT2D eigenvalue weighted by atomic mass is 16.4. The molecule has 0 saturated heterocycles. The Morgan fingerprint density at radius 2 is 2.37 bits per heavy atom. The first-order chi connectivity index (χ1) is 9.22. The minimum absolute atomic E-state index is 0.00609. The van der Waals surface area contributed by atoms with Gasteiger partial charge in [0.15, 0.2) is 5.82 Å². The second-order valence-corrected chi connectivity index (χ2v) is 4.23. The summed E-state index contributed by atoms with van der Waals surface area (Å²) in [6, 6.07) is 3.40. The van der Waals surface area contributed by atoms with Crippen molar-refractivity contribution in [2.75, 3.05) is 0 Å². The largest absolute Gasteiger partial charge is 0.481 e. The van der Waals surface area contributed by atoms with Gasteiger partial charge in [0.2, 0.25) is 0 Å². The summed E-state index contributed by atoms with van der Waals surface area (Å²) in [5, 5.41) is 20.5. The lowest BCUT2D eigenvalue weighted by atomic mass is 10.1. The van der Waals surface area contributed by atoms with E-state index in [4.69, 9.17) is 5.11 Å². The molecule has 0 aromatic carbocycles. The number of aliphatic carboxylic acids is 1. The lowest BCUT2D eigenvalue weighted by molar-refractivity contribution is -0.138. The average molecular weight is 261 g/mol. The van der Waals surface area contributed by atoms with Crippen LogP contribution in [0.2, 0.25) is 0 Å². The van der Waals surface area contributed by atoms with Crippen LogP contribution in [0.15, 0.2) is 24.5 Å². The molecular formula is C12H15N5O2. The molecule has 0 spiro atoms. The number of aromatic nitrogens is 5. The van der Waals surface area contributed by atoms with E-state index in [0.717, 1.165) is 12.0 Å². The number of hydrogen-bond acceptors (Lipinski definition) is 5. The van der Waals surface area contributed by atoms with Crippen LogP contribution in [0.3, 0.4) is 0 Å². The molecule has 2 rings (SSSR count). The smallest absolute Gasteiger partial charge is 0.305 e. The van der Waals surface area contributed by atoms with E-state index in [-0.39, 0.29) is 12.5 Å². The molecule has 1 atom stereocenters. The Morgan fingerprint density at radius 3 is 3.00 bits per heavy atom. The zero-order valence-corrected chi connectivity index (χ0v) is 10.6. The summed E-state index contributed by atoms with van der Waals surface area (Å²) < 4.78 is 1.58. The SMILES string of the molecule is CCCC(CC(=O)O)n1nnnc1-c1cccnc1. The number of hydrogen-bond donors (Lipinski definition) is 1. The van der Waals surface area contributed by atoms with Gasteiger partial charge in [0.25, 0.3) is 0 Å². The quantitative estimate of drug-likeness (QED) is 0.847. The average Bonchev–Trinajstić information content (AvgIpc) is 2.88. The van der Waals surface area contributed by atoms with Crippen molar-refractivity contribution in [1.29, 1.82) is 0 Å². The van der Waals surface area contributed by atoms with E-state index in [1.807, 2.05) is 13.0 Å². The number of pyridine rings is 1. The third-order valence-corrected chi connectivity index (χ3v) is 2.79. The molecular weight excluding hydrogens is 246 g/mol. The Kier molecular flexibility index (Phi) is 4.17. The second-order valence-electron chi connectivity index (χ2n) is 4.23. The Hall–Kier alpha value is -2.31. The first kappa shape index (κ1) is 13.1. The predicted molar refractivity (Wildman–Crippen MR) is 67.2 cm³/mol. The van der Waals surface area contributed by atoms with Crippen LogP contribution in [0.25, 0.3) is 11.4 Å². The first-order valence-electron chi connectivity index (χ1n) is 6.12. The summed E-state index contributed by atoms with van der Waals surface area (Å²) in [6.45, 7) is 2.00. The molecule has 7 nitrogen and oxygen atoms in total. The zero-order valence-electron chi connectivity index (χ0n) is 10.6. The fourth-order valence-electron chi connectivity index (χ4n) is 1.97. The fourth-order valence-corrected chi connectivity index (χ4v) is 1.97. The van der Waals surface area contributed by atoms with Crippen LogP contribution in [0, 0.1) is 0 Å². The Labute approximate surface area is 110 Å². The molecule has 0 fully saturated rings. The minimum atomic E-state index is -0.855. The van der Waals surface area contributed by atoms with E-state index in [1.165, 1.54) is 0 Å². The van der Waals surface area contributed by atoms with Gasteiger partial charge in [0, 0.05) is 18.0 Å². The highest BCUT2D eigenvalue weighted by Gasteiger charge is 2.20. The zero-order chi connectivity index (χ0) is 13.7. The number of carbonyl (C=O) groups is 1. The van der Waals surface area contributed by atoms with Gasteiger partial charge in [0.05, 0.1) is 12.5 Å². The van der Waals surface area contributed by atoms with E-state index in [2.05, 4.69) is 20.5 Å². The van der Waals surface area contributed by atoms with Crippen LogP contribution in [-0.4, -0.2) is 36.3 Å². The monoisotopic (exact) mass is 261 g/mol. The summed E-state index contributed by atoms with van der Waals surface area (Å²) in [6.07, 6.45) is 4.91. The number of carboxylic acid groups (broad SMARTS) is 1. The predicted octanol–water partition coefficient (Wildman–Crippen LogP) is 1.55. The Balaban J connectivity index is 2.33. The van der Waals surface area contributed by atoms with Crippen molar-refractivity contribution in [2.24, 2.45) is 0 Å². The lowest BCUT2D eigenvalue weighted by Crippen LogP contribution is -2.16. The van der Waals surface area contributed by atoms with Crippen molar-refractivity contribution in [1.82, 2.24) is 25.2 Å². The Bertz CT molecular complexity index is 540. The van der Waals surface area contributed by atoms with Crippen LogP contribution >= 0.6 is 0 Å². The summed E-state index contributed by atoms with van der Waals surface area (Å²) in [5.41, 5.74) is 0.777. The maximum Gasteiger partial charge on any atom is 0.305 e. The van der Waals surface area contributed by atoms with Crippen LogP contribution in [0.4, 0.5) is 0 Å². The first-order valence-corrected chi connectivity index (χ1v) is 6.12. The molecule has 0 aliphatic heterocycles. The highest BCUT2D eigenvalue weighted by molar-refractivity contribution is 5.67. The molecule has 2 aromatic heterocycles. The van der Waals surface area contributed by atoms with Gasteiger partial charge < -0.3 is 5.11 Å². The number of rotatable bonds is 6. The standard InChI is InChI=1S/C12H15N5O2/c1-2-4-10(7-11(18)19)17-12(14-15-16-17)9-5-3-6-13-8-9/h3,5-6,8,10H,2,4,7H2,1H3,(H,18,19). The molecule has 1 unspecified atom stereocenters. The van der Waals surface area contributed by atoms with Gasteiger partial charge in [-0.3, -0.25) is 9.78 Å². The molecule has 0 aliphatic carbocycles. The molecule has 0 amide bonds. The molecule has 100 valence electrons. The van der Waals surface area contributed by atoms with Crippen molar-refractivity contribution in [3.63, 3.8) is 0 Å². The summed E-state index contributed by atoms with van der Waals surface area (Å²) in [4.78, 5) is 15.0. The van der Waals surface area contributed by atoms with E-state index in [0.29, 0.717) is 12.2 Å². The normalized spacial score (nSPS) is 12.3. The van der Waals surface area contributed by atoms with Crippen LogP contribution < -0.4 is 0 Å². The van der Waals surface area contributed by atoms with Crippen LogP contribution in [-0.2, 0) is 4.79 Å². The number of tetrazole rings is 1. The number of carboxylic acids is 1. The van der Waals surface area contributed by atoms with Crippen LogP contribution in [0.5, 0.6) is 0 Å². The molecule has 0 radical (unpaired) electrons. The highest BCUT2D eigenvalue weighted by Crippen LogP contribution is 2.23. The van der Waals surface area contributed by atoms with Gasteiger partial charge in [0.1, 0.15) is 0 Å². The minimum Gasteiger partial charge on any atom is -0.481 e. The topological polar surface area (TPSA) is 93.8 Å². The fraction of sp³-hybridized carbons (Fsp3) is 0.417. The van der Waals surface area contributed by atoms with Gasteiger partial charge in [-0.05, 0) is 29.0 Å². The molecule has 0 aliphatic rings. The molecule has 19 heavy (non-hydrogen) atoms. The molecule has 0 saturated carbocycles. The van der Waals surface area contributed by atoms with Gasteiger partial charge in [-0.25, -0.2) is 4.68 Å². The van der Waals surface area contributed by atoms with E-state index in [9.17, 15) is 4.79 Å². The molecule has 2 heterocycles. The van der Waals surface area contributed by atoms with E-state index >= 15 is 0 Å².